The number of alkyl halides is 3. The summed E-state index contributed by atoms with van der Waals surface area (Å²) in [5, 5.41) is 10.0. The van der Waals surface area contributed by atoms with Crippen molar-refractivity contribution in [2.75, 3.05) is 6.54 Å². The fraction of sp³-hybridized carbons (Fsp3) is 0.400. The van der Waals surface area contributed by atoms with Gasteiger partial charge in [0.05, 0.1) is 11.6 Å². The van der Waals surface area contributed by atoms with Crippen molar-refractivity contribution in [3.63, 3.8) is 0 Å². The van der Waals surface area contributed by atoms with Crippen molar-refractivity contribution in [3.05, 3.63) is 41.2 Å². The van der Waals surface area contributed by atoms with Gasteiger partial charge in [-0.2, -0.15) is 13.2 Å². The molecule has 0 aromatic heterocycles. The molecule has 1 fully saturated rings. The molecule has 1 atom stereocenters. The molecule has 0 bridgehead atoms. The summed E-state index contributed by atoms with van der Waals surface area (Å²) in [5.74, 6) is -0.753. The zero-order valence-corrected chi connectivity index (χ0v) is 11.2. The largest absolute Gasteiger partial charge is 0.503 e. The Morgan fingerprint density at radius 3 is 2.43 bits per heavy atom. The van der Waals surface area contributed by atoms with E-state index in [-0.39, 0.29) is 11.8 Å². The van der Waals surface area contributed by atoms with E-state index in [0.29, 0.717) is 17.7 Å². The zero-order chi connectivity index (χ0) is 15.2. The SMILES string of the molecule is O=C1C(O)=C(c2ccc(C(F)(F)F)cc2)C2CCCCN12. The Hall–Kier alpha value is -1.98. The first-order chi connectivity index (χ1) is 9.89. The molecule has 2 aliphatic rings. The molecule has 1 aromatic carbocycles. The molecule has 21 heavy (non-hydrogen) atoms. The molecule has 0 aliphatic carbocycles. The normalized spacial score (nSPS) is 22.7. The number of rotatable bonds is 1. The number of nitrogens with zero attached hydrogens (tertiary/aromatic N) is 1. The van der Waals surface area contributed by atoms with E-state index in [9.17, 15) is 23.1 Å². The number of halogens is 3. The second-order valence-corrected chi connectivity index (χ2v) is 5.35. The van der Waals surface area contributed by atoms with Gasteiger partial charge in [0.1, 0.15) is 0 Å². The summed E-state index contributed by atoms with van der Waals surface area (Å²) >= 11 is 0. The standard InChI is InChI=1S/C15H14F3NO2/c16-15(17,18)10-6-4-9(5-7-10)12-11-3-1-2-8-19(11)14(21)13(12)20/h4-7,11,20H,1-3,8H2. The Labute approximate surface area is 119 Å². The number of piperidine rings is 1. The van der Waals surface area contributed by atoms with Crippen LogP contribution in [0.4, 0.5) is 13.2 Å². The third-order valence-corrected chi connectivity index (χ3v) is 4.08. The average Bonchev–Trinajstić information content (AvgIpc) is 2.71. The lowest BCUT2D eigenvalue weighted by atomic mass is 9.92. The van der Waals surface area contributed by atoms with Gasteiger partial charge in [0.2, 0.25) is 0 Å². The highest BCUT2D eigenvalue weighted by Gasteiger charge is 2.41. The van der Waals surface area contributed by atoms with Crippen LogP contribution in [0.5, 0.6) is 0 Å². The van der Waals surface area contributed by atoms with E-state index < -0.39 is 17.6 Å². The Kier molecular flexibility index (Phi) is 3.19. The molecule has 0 spiro atoms. The summed E-state index contributed by atoms with van der Waals surface area (Å²) in [4.78, 5) is 13.6. The van der Waals surface area contributed by atoms with Crippen LogP contribution < -0.4 is 0 Å². The van der Waals surface area contributed by atoms with Crippen LogP contribution in [0.25, 0.3) is 5.57 Å². The molecule has 1 unspecified atom stereocenters. The number of carbonyl (C=O) groups excluding carboxylic acids is 1. The highest BCUT2D eigenvalue weighted by molar-refractivity contribution is 6.05. The van der Waals surface area contributed by atoms with Crippen LogP contribution in [0, 0.1) is 0 Å². The average molecular weight is 297 g/mol. The molecule has 1 amide bonds. The van der Waals surface area contributed by atoms with Crippen molar-refractivity contribution in [1.29, 1.82) is 0 Å². The summed E-state index contributed by atoms with van der Waals surface area (Å²) in [5.41, 5.74) is 0.188. The van der Waals surface area contributed by atoms with Gasteiger partial charge in [-0.05, 0) is 37.0 Å². The summed E-state index contributed by atoms with van der Waals surface area (Å²) in [6.45, 7) is 0.581. The second kappa shape index (κ2) is 4.79. The Morgan fingerprint density at radius 2 is 1.81 bits per heavy atom. The minimum Gasteiger partial charge on any atom is -0.503 e. The number of amides is 1. The molecule has 112 valence electrons. The predicted molar refractivity (Wildman–Crippen MR) is 70.3 cm³/mol. The molecule has 3 nitrogen and oxygen atoms in total. The fourth-order valence-electron chi connectivity index (χ4n) is 3.05. The Morgan fingerprint density at radius 1 is 1.14 bits per heavy atom. The number of carbonyl (C=O) groups is 1. The van der Waals surface area contributed by atoms with Gasteiger partial charge in [-0.25, -0.2) is 0 Å². The lowest BCUT2D eigenvalue weighted by Crippen LogP contribution is -2.39. The van der Waals surface area contributed by atoms with Crippen molar-refractivity contribution >= 4 is 11.5 Å². The number of aliphatic hydroxyl groups excluding tert-OH is 1. The van der Waals surface area contributed by atoms with E-state index in [4.69, 9.17) is 0 Å². The fourth-order valence-corrected chi connectivity index (χ4v) is 3.05. The van der Waals surface area contributed by atoms with Crippen molar-refractivity contribution in [3.8, 4) is 0 Å². The second-order valence-electron chi connectivity index (χ2n) is 5.35. The molecule has 1 aromatic rings. The van der Waals surface area contributed by atoms with E-state index in [0.717, 1.165) is 31.4 Å². The van der Waals surface area contributed by atoms with Gasteiger partial charge in [-0.1, -0.05) is 12.1 Å². The highest BCUT2D eigenvalue weighted by Crippen LogP contribution is 2.38. The van der Waals surface area contributed by atoms with Crippen LogP contribution in [-0.4, -0.2) is 28.5 Å². The van der Waals surface area contributed by atoms with Crippen molar-refractivity contribution < 1.29 is 23.1 Å². The Bertz CT molecular complexity index is 604. The predicted octanol–water partition coefficient (Wildman–Crippen LogP) is 3.37. The van der Waals surface area contributed by atoms with Gasteiger partial charge in [0, 0.05) is 12.1 Å². The molecular weight excluding hydrogens is 283 g/mol. The van der Waals surface area contributed by atoms with E-state index in [2.05, 4.69) is 0 Å². The van der Waals surface area contributed by atoms with Crippen LogP contribution in [0.3, 0.4) is 0 Å². The quantitative estimate of drug-likeness (QED) is 0.863. The maximum Gasteiger partial charge on any atom is 0.416 e. The van der Waals surface area contributed by atoms with Crippen LogP contribution >= 0.6 is 0 Å². The monoisotopic (exact) mass is 297 g/mol. The highest BCUT2D eigenvalue weighted by atomic mass is 19.4. The summed E-state index contributed by atoms with van der Waals surface area (Å²) in [6, 6.07) is 4.37. The first-order valence-corrected chi connectivity index (χ1v) is 6.81. The molecule has 0 saturated carbocycles. The molecular formula is C15H14F3NO2. The maximum atomic E-state index is 12.6. The van der Waals surface area contributed by atoms with Crippen molar-refractivity contribution in [2.24, 2.45) is 0 Å². The third kappa shape index (κ3) is 2.28. The number of benzene rings is 1. The summed E-state index contributed by atoms with van der Waals surface area (Å²) in [7, 11) is 0. The number of aliphatic hydroxyl groups is 1. The lowest BCUT2D eigenvalue weighted by molar-refractivity contribution is -0.137. The van der Waals surface area contributed by atoms with Crippen LogP contribution in [0.2, 0.25) is 0 Å². The third-order valence-electron chi connectivity index (χ3n) is 4.08. The smallest absolute Gasteiger partial charge is 0.416 e. The topological polar surface area (TPSA) is 40.5 Å². The van der Waals surface area contributed by atoms with Crippen LogP contribution in [0.1, 0.15) is 30.4 Å². The molecule has 3 rings (SSSR count). The summed E-state index contributed by atoms with van der Waals surface area (Å²) < 4.78 is 37.7. The van der Waals surface area contributed by atoms with Crippen LogP contribution in [-0.2, 0) is 11.0 Å². The van der Waals surface area contributed by atoms with E-state index in [1.807, 2.05) is 0 Å². The van der Waals surface area contributed by atoms with Gasteiger partial charge in [-0.15, -0.1) is 0 Å². The van der Waals surface area contributed by atoms with Gasteiger partial charge < -0.3 is 10.0 Å². The van der Waals surface area contributed by atoms with Gasteiger partial charge in [0.25, 0.3) is 5.91 Å². The molecule has 2 aliphatic heterocycles. The van der Waals surface area contributed by atoms with Gasteiger partial charge in [-0.3, -0.25) is 4.79 Å². The molecule has 2 heterocycles. The van der Waals surface area contributed by atoms with Crippen molar-refractivity contribution in [1.82, 2.24) is 4.90 Å². The number of hydrogen-bond acceptors (Lipinski definition) is 2. The van der Waals surface area contributed by atoms with Crippen molar-refractivity contribution in [2.45, 2.75) is 31.5 Å². The number of fused-ring (bicyclic) bond motifs is 1. The van der Waals surface area contributed by atoms with E-state index >= 15 is 0 Å². The van der Waals surface area contributed by atoms with Gasteiger partial charge in [0.15, 0.2) is 5.76 Å². The number of hydrogen-bond donors (Lipinski definition) is 1. The summed E-state index contributed by atoms with van der Waals surface area (Å²) in [6.07, 6.45) is -1.84. The minimum absolute atomic E-state index is 0.219. The first kappa shape index (κ1) is 14.0. The first-order valence-electron chi connectivity index (χ1n) is 6.81. The zero-order valence-electron chi connectivity index (χ0n) is 11.2. The Balaban J connectivity index is 1.97. The van der Waals surface area contributed by atoms with Crippen LogP contribution in [0.15, 0.2) is 30.0 Å². The van der Waals surface area contributed by atoms with E-state index in [1.165, 1.54) is 12.1 Å². The lowest BCUT2D eigenvalue weighted by Gasteiger charge is -2.31. The molecule has 1 N–H and O–H groups in total. The molecule has 6 heteroatoms. The van der Waals surface area contributed by atoms with Gasteiger partial charge >= 0.3 is 6.18 Å². The maximum absolute atomic E-state index is 12.6. The minimum atomic E-state index is -4.39. The van der Waals surface area contributed by atoms with E-state index in [1.54, 1.807) is 4.90 Å². The molecule has 1 saturated heterocycles. The molecule has 0 radical (unpaired) electrons.